The second-order valence-corrected chi connectivity index (χ2v) is 2.51. The van der Waals surface area contributed by atoms with Gasteiger partial charge in [0, 0.05) is 26.7 Å². The van der Waals surface area contributed by atoms with Crippen molar-refractivity contribution in [2.24, 2.45) is 4.99 Å². The number of nitriles is 1. The number of nitrogens with zero attached hydrogens (tertiary/aromatic N) is 4. The zero-order valence-electron chi connectivity index (χ0n) is 6.91. The summed E-state index contributed by atoms with van der Waals surface area (Å²) >= 11 is 0. The van der Waals surface area contributed by atoms with Crippen LogP contribution >= 0.6 is 0 Å². The minimum absolute atomic E-state index is 0.801. The van der Waals surface area contributed by atoms with E-state index in [1.165, 1.54) is 0 Å². The first-order valence-corrected chi connectivity index (χ1v) is 3.72. The first kappa shape index (κ1) is 7.86. The molecule has 0 aromatic rings. The van der Waals surface area contributed by atoms with Crippen LogP contribution in [0.3, 0.4) is 0 Å². The first-order valence-electron chi connectivity index (χ1n) is 3.72. The topological polar surface area (TPSA) is 42.6 Å². The summed E-state index contributed by atoms with van der Waals surface area (Å²) in [6.45, 7) is 4.93. The van der Waals surface area contributed by atoms with Crippen LogP contribution in [0.25, 0.3) is 0 Å². The van der Waals surface area contributed by atoms with Gasteiger partial charge in [0.25, 0.3) is 0 Å². The summed E-state index contributed by atoms with van der Waals surface area (Å²) in [6.07, 6.45) is 1.81. The Morgan fingerprint density at radius 2 is 2.36 bits per heavy atom. The number of hydrogen-bond donors (Lipinski definition) is 0. The van der Waals surface area contributed by atoms with E-state index >= 15 is 0 Å². The number of likely N-dealkylation sites (N-methyl/N-ethyl adjacent to an activating group) is 2. The first-order chi connectivity index (χ1) is 5.29. The average Bonchev–Trinajstić information content (AvgIpc) is 2.34. The molecule has 11 heavy (non-hydrogen) atoms. The molecule has 4 heteroatoms. The van der Waals surface area contributed by atoms with Crippen LogP contribution in [0.15, 0.2) is 4.99 Å². The second-order valence-electron chi connectivity index (χ2n) is 2.51. The van der Waals surface area contributed by atoms with Crippen LogP contribution in [0.5, 0.6) is 0 Å². The molecule has 0 spiro atoms. The smallest absolute Gasteiger partial charge is 0.212 e. The molecule has 60 valence electrons. The Hall–Kier alpha value is -1.24. The Bertz CT molecular complexity index is 203. The van der Waals surface area contributed by atoms with Gasteiger partial charge in [-0.3, -0.25) is 0 Å². The van der Waals surface area contributed by atoms with Crippen LogP contribution < -0.4 is 0 Å². The Morgan fingerprint density at radius 1 is 1.64 bits per heavy atom. The minimum atomic E-state index is 0.801. The monoisotopic (exact) mass is 152 g/mol. The van der Waals surface area contributed by atoms with Crippen molar-refractivity contribution in [3.05, 3.63) is 0 Å². The molecule has 0 N–H and O–H groups in total. The largest absolute Gasteiger partial charge is 0.343 e. The van der Waals surface area contributed by atoms with Crippen LogP contribution in [-0.2, 0) is 0 Å². The van der Waals surface area contributed by atoms with Crippen molar-refractivity contribution >= 4 is 5.96 Å². The molecule has 1 fully saturated rings. The Kier molecular flexibility index (Phi) is 2.32. The van der Waals surface area contributed by atoms with E-state index in [4.69, 9.17) is 5.26 Å². The number of aliphatic imine (C=N–C) groups is 1. The number of rotatable bonds is 1. The van der Waals surface area contributed by atoms with Crippen molar-refractivity contribution in [1.82, 2.24) is 9.80 Å². The zero-order chi connectivity index (χ0) is 8.27. The van der Waals surface area contributed by atoms with E-state index in [9.17, 15) is 0 Å². The summed E-state index contributed by atoms with van der Waals surface area (Å²) in [5.74, 6) is 0.801. The van der Waals surface area contributed by atoms with E-state index in [-0.39, 0.29) is 0 Å². The molecule has 0 aromatic carbocycles. The van der Waals surface area contributed by atoms with Crippen LogP contribution in [0, 0.1) is 11.5 Å². The van der Waals surface area contributed by atoms with Crippen LogP contribution in [-0.4, -0.2) is 42.4 Å². The third-order valence-corrected chi connectivity index (χ3v) is 1.86. The van der Waals surface area contributed by atoms with Crippen LogP contribution in [0.1, 0.15) is 6.92 Å². The molecule has 0 saturated carbocycles. The minimum Gasteiger partial charge on any atom is -0.343 e. The second kappa shape index (κ2) is 3.24. The molecule has 1 heterocycles. The lowest BCUT2D eigenvalue weighted by atomic mass is 10.6. The summed E-state index contributed by atoms with van der Waals surface area (Å²) in [5, 5.41) is 8.37. The molecule has 0 amide bonds. The summed E-state index contributed by atoms with van der Waals surface area (Å²) in [4.78, 5) is 7.81. The van der Waals surface area contributed by atoms with E-state index in [0.717, 1.165) is 25.6 Å². The van der Waals surface area contributed by atoms with Gasteiger partial charge < -0.3 is 9.80 Å². The lowest BCUT2D eigenvalue weighted by Crippen LogP contribution is -2.30. The van der Waals surface area contributed by atoms with Crippen molar-refractivity contribution in [1.29, 1.82) is 5.26 Å². The predicted molar refractivity (Wildman–Crippen MR) is 42.9 cm³/mol. The highest BCUT2D eigenvalue weighted by atomic mass is 15.4. The van der Waals surface area contributed by atoms with Gasteiger partial charge in [-0.1, -0.05) is 0 Å². The molecular weight excluding hydrogens is 140 g/mol. The fraction of sp³-hybridized carbons (Fsp3) is 0.714. The third kappa shape index (κ3) is 1.43. The van der Waals surface area contributed by atoms with E-state index in [1.807, 2.05) is 18.1 Å². The van der Waals surface area contributed by atoms with Crippen LogP contribution in [0.2, 0.25) is 0 Å². The van der Waals surface area contributed by atoms with Crippen molar-refractivity contribution in [2.75, 3.05) is 26.7 Å². The van der Waals surface area contributed by atoms with Gasteiger partial charge in [0.2, 0.25) is 12.2 Å². The molecule has 0 atom stereocenters. The van der Waals surface area contributed by atoms with E-state index in [1.54, 1.807) is 0 Å². The van der Waals surface area contributed by atoms with Gasteiger partial charge in [0.05, 0.1) is 0 Å². The van der Waals surface area contributed by atoms with Crippen molar-refractivity contribution < 1.29 is 0 Å². The van der Waals surface area contributed by atoms with Crippen LogP contribution in [0.4, 0.5) is 0 Å². The van der Waals surface area contributed by atoms with Gasteiger partial charge in [-0.2, -0.15) is 5.26 Å². The van der Waals surface area contributed by atoms with Gasteiger partial charge in [-0.25, -0.2) is 0 Å². The highest BCUT2D eigenvalue weighted by Crippen LogP contribution is 2.04. The van der Waals surface area contributed by atoms with Gasteiger partial charge in [0.15, 0.2) is 0 Å². The highest BCUT2D eigenvalue weighted by molar-refractivity contribution is 5.82. The normalized spacial score (nSPS) is 21.0. The summed E-state index contributed by atoms with van der Waals surface area (Å²) in [6, 6.07) is 0. The van der Waals surface area contributed by atoms with E-state index in [2.05, 4.69) is 16.8 Å². The zero-order valence-corrected chi connectivity index (χ0v) is 6.91. The lowest BCUT2D eigenvalue weighted by molar-refractivity contribution is 0.489. The molecule has 0 bridgehead atoms. The number of hydrogen-bond acceptors (Lipinski definition) is 2. The Balaban J connectivity index is 2.73. The van der Waals surface area contributed by atoms with Gasteiger partial charge in [-0.15, -0.1) is 4.99 Å². The third-order valence-electron chi connectivity index (χ3n) is 1.86. The SMILES string of the molecule is CCN1CCN(C)C1=NC#N. The molecule has 0 aromatic heterocycles. The predicted octanol–water partition coefficient (Wildman–Crippen LogP) is 0.0908. The van der Waals surface area contributed by atoms with Crippen molar-refractivity contribution in [2.45, 2.75) is 6.92 Å². The summed E-state index contributed by atoms with van der Waals surface area (Å²) in [5.41, 5.74) is 0. The van der Waals surface area contributed by atoms with Gasteiger partial charge in [-0.05, 0) is 6.92 Å². The van der Waals surface area contributed by atoms with E-state index in [0.29, 0.717) is 0 Å². The number of guanidine groups is 1. The summed E-state index contributed by atoms with van der Waals surface area (Å²) < 4.78 is 0. The average molecular weight is 152 g/mol. The molecule has 1 saturated heterocycles. The van der Waals surface area contributed by atoms with Gasteiger partial charge in [0.1, 0.15) is 0 Å². The molecule has 1 rings (SSSR count). The maximum atomic E-state index is 8.37. The highest BCUT2D eigenvalue weighted by Gasteiger charge is 2.21. The molecule has 0 unspecified atom stereocenters. The molecule has 4 nitrogen and oxygen atoms in total. The maximum Gasteiger partial charge on any atom is 0.212 e. The lowest BCUT2D eigenvalue weighted by Gasteiger charge is -2.16. The van der Waals surface area contributed by atoms with Crippen molar-refractivity contribution in [3.63, 3.8) is 0 Å². The standard InChI is InChI=1S/C7H12N4/c1-3-11-5-4-10(2)7(11)9-6-8/h3-5H2,1-2H3. The molecule has 0 aliphatic carbocycles. The van der Waals surface area contributed by atoms with E-state index < -0.39 is 0 Å². The fourth-order valence-electron chi connectivity index (χ4n) is 1.21. The quantitative estimate of drug-likeness (QED) is 0.500. The Morgan fingerprint density at radius 3 is 2.91 bits per heavy atom. The fourth-order valence-corrected chi connectivity index (χ4v) is 1.21. The Labute approximate surface area is 66.7 Å². The summed E-state index contributed by atoms with van der Waals surface area (Å²) in [7, 11) is 1.95. The van der Waals surface area contributed by atoms with Gasteiger partial charge >= 0.3 is 0 Å². The molecular formula is C7H12N4. The molecule has 1 aliphatic rings. The molecule has 0 radical (unpaired) electrons. The molecule has 1 aliphatic heterocycles. The van der Waals surface area contributed by atoms with Crippen molar-refractivity contribution in [3.8, 4) is 6.19 Å². The maximum absolute atomic E-state index is 8.37.